The molecular weight excluding hydrogens is 360 g/mol. The SMILES string of the molecule is C[C@@H](c1ccccc1)n1c(SC[C@H]2CCOCO2)nc2ccccc2c1=O. The quantitative estimate of drug-likeness (QED) is 0.495. The minimum atomic E-state index is -0.103. The van der Waals surface area contributed by atoms with Crippen molar-refractivity contribution in [3.63, 3.8) is 0 Å². The third-order valence-corrected chi connectivity index (χ3v) is 5.90. The third kappa shape index (κ3) is 3.93. The lowest BCUT2D eigenvalue weighted by Crippen LogP contribution is -2.29. The Kier molecular flexibility index (Phi) is 5.57. The molecule has 0 bridgehead atoms. The van der Waals surface area contributed by atoms with Crippen molar-refractivity contribution in [3.05, 3.63) is 70.5 Å². The maximum Gasteiger partial charge on any atom is 0.262 e. The van der Waals surface area contributed by atoms with E-state index in [1.54, 1.807) is 11.8 Å². The average Bonchev–Trinajstić information content (AvgIpc) is 2.73. The molecule has 3 aromatic rings. The van der Waals surface area contributed by atoms with Crippen LogP contribution in [0.4, 0.5) is 0 Å². The molecule has 4 rings (SSSR count). The zero-order valence-corrected chi connectivity index (χ0v) is 16.0. The lowest BCUT2D eigenvalue weighted by atomic mass is 10.1. The van der Waals surface area contributed by atoms with Crippen LogP contribution in [0.1, 0.15) is 24.9 Å². The van der Waals surface area contributed by atoms with Crippen LogP contribution in [0, 0.1) is 0 Å². The zero-order valence-electron chi connectivity index (χ0n) is 15.2. The van der Waals surface area contributed by atoms with Gasteiger partial charge in [-0.2, -0.15) is 0 Å². The largest absolute Gasteiger partial charge is 0.355 e. The van der Waals surface area contributed by atoms with E-state index in [0.29, 0.717) is 18.8 Å². The van der Waals surface area contributed by atoms with Gasteiger partial charge in [-0.25, -0.2) is 4.98 Å². The molecule has 0 N–H and O–H groups in total. The van der Waals surface area contributed by atoms with Crippen molar-refractivity contribution < 1.29 is 9.47 Å². The second-order valence-electron chi connectivity index (χ2n) is 6.59. The smallest absolute Gasteiger partial charge is 0.262 e. The molecule has 0 aliphatic carbocycles. The van der Waals surface area contributed by atoms with Gasteiger partial charge in [-0.1, -0.05) is 54.2 Å². The lowest BCUT2D eigenvalue weighted by Gasteiger charge is -2.24. The van der Waals surface area contributed by atoms with E-state index >= 15 is 0 Å². The molecule has 140 valence electrons. The number of rotatable bonds is 5. The first-order chi connectivity index (χ1) is 13.2. The predicted molar refractivity (Wildman–Crippen MR) is 107 cm³/mol. The van der Waals surface area contributed by atoms with Gasteiger partial charge in [0, 0.05) is 5.75 Å². The van der Waals surface area contributed by atoms with E-state index in [1.165, 1.54) is 0 Å². The van der Waals surface area contributed by atoms with Gasteiger partial charge in [0.25, 0.3) is 5.56 Å². The third-order valence-electron chi connectivity index (χ3n) is 4.81. The monoisotopic (exact) mass is 382 g/mol. The molecule has 1 aliphatic heterocycles. The summed E-state index contributed by atoms with van der Waals surface area (Å²) < 4.78 is 12.7. The van der Waals surface area contributed by atoms with Gasteiger partial charge in [-0.3, -0.25) is 9.36 Å². The summed E-state index contributed by atoms with van der Waals surface area (Å²) >= 11 is 1.58. The predicted octanol–water partition coefficient (Wildman–Crippen LogP) is 3.86. The Morgan fingerprint density at radius 3 is 2.74 bits per heavy atom. The molecule has 0 amide bonds. The molecule has 1 saturated heterocycles. The van der Waals surface area contributed by atoms with E-state index in [1.807, 2.05) is 66.1 Å². The van der Waals surface area contributed by atoms with Crippen molar-refractivity contribution in [1.29, 1.82) is 0 Å². The molecule has 0 unspecified atom stereocenters. The van der Waals surface area contributed by atoms with Crippen LogP contribution >= 0.6 is 11.8 Å². The molecule has 0 saturated carbocycles. The van der Waals surface area contributed by atoms with Crippen LogP contribution in [0.3, 0.4) is 0 Å². The van der Waals surface area contributed by atoms with Gasteiger partial charge < -0.3 is 9.47 Å². The number of para-hydroxylation sites is 1. The van der Waals surface area contributed by atoms with E-state index in [4.69, 9.17) is 14.5 Å². The number of aromatic nitrogens is 2. The maximum atomic E-state index is 13.3. The summed E-state index contributed by atoms with van der Waals surface area (Å²) in [5.41, 5.74) is 1.81. The fourth-order valence-corrected chi connectivity index (χ4v) is 4.39. The summed E-state index contributed by atoms with van der Waals surface area (Å²) in [6.07, 6.45) is 0.978. The molecule has 0 spiro atoms. The first-order valence-electron chi connectivity index (χ1n) is 9.12. The van der Waals surface area contributed by atoms with Gasteiger partial charge in [0.05, 0.1) is 29.7 Å². The zero-order chi connectivity index (χ0) is 18.6. The van der Waals surface area contributed by atoms with E-state index < -0.39 is 0 Å². The number of hydrogen-bond donors (Lipinski definition) is 0. The molecule has 1 aromatic heterocycles. The Morgan fingerprint density at radius 2 is 1.96 bits per heavy atom. The Hall–Kier alpha value is -2.15. The second kappa shape index (κ2) is 8.25. The van der Waals surface area contributed by atoms with Crippen molar-refractivity contribution in [1.82, 2.24) is 9.55 Å². The van der Waals surface area contributed by atoms with Crippen molar-refractivity contribution in [2.45, 2.75) is 30.6 Å². The minimum Gasteiger partial charge on any atom is -0.355 e. The van der Waals surface area contributed by atoms with E-state index in [2.05, 4.69) is 0 Å². The van der Waals surface area contributed by atoms with Gasteiger partial charge in [-0.05, 0) is 31.0 Å². The van der Waals surface area contributed by atoms with Gasteiger partial charge in [-0.15, -0.1) is 0 Å². The van der Waals surface area contributed by atoms with Crippen molar-refractivity contribution in [3.8, 4) is 0 Å². The molecule has 1 aliphatic rings. The first-order valence-corrected chi connectivity index (χ1v) is 10.1. The minimum absolute atomic E-state index is 0.00708. The van der Waals surface area contributed by atoms with Gasteiger partial charge in [0.1, 0.15) is 6.79 Å². The Bertz CT molecular complexity index is 968. The molecular formula is C21H22N2O3S. The van der Waals surface area contributed by atoms with Crippen LogP contribution in [-0.4, -0.2) is 34.8 Å². The fraction of sp³-hybridized carbons (Fsp3) is 0.333. The van der Waals surface area contributed by atoms with Crippen LogP contribution in [0.15, 0.2) is 64.5 Å². The van der Waals surface area contributed by atoms with E-state index in [-0.39, 0.29) is 17.7 Å². The standard InChI is InChI=1S/C21H22N2O3S/c1-15(16-7-3-2-4-8-16)23-20(24)18-9-5-6-10-19(18)22-21(23)27-13-17-11-12-25-14-26-17/h2-10,15,17H,11-14H2,1H3/t15-,17+/m0/s1. The Labute approximate surface area is 162 Å². The molecule has 27 heavy (non-hydrogen) atoms. The normalized spacial score (nSPS) is 18.5. The van der Waals surface area contributed by atoms with Crippen LogP contribution in [0.25, 0.3) is 10.9 Å². The molecule has 2 aromatic carbocycles. The van der Waals surface area contributed by atoms with Crippen LogP contribution in [0.5, 0.6) is 0 Å². The Balaban J connectivity index is 1.74. The highest BCUT2D eigenvalue weighted by molar-refractivity contribution is 7.99. The van der Waals surface area contributed by atoms with Crippen molar-refractivity contribution in [2.75, 3.05) is 19.2 Å². The molecule has 2 atom stereocenters. The second-order valence-corrected chi connectivity index (χ2v) is 7.57. The van der Waals surface area contributed by atoms with E-state index in [9.17, 15) is 4.79 Å². The summed E-state index contributed by atoms with van der Waals surface area (Å²) in [5, 5.41) is 1.37. The molecule has 0 radical (unpaired) electrons. The number of ether oxygens (including phenoxy) is 2. The first kappa shape index (κ1) is 18.2. The van der Waals surface area contributed by atoms with Gasteiger partial charge in [0.15, 0.2) is 5.16 Å². The van der Waals surface area contributed by atoms with Crippen molar-refractivity contribution in [2.24, 2.45) is 0 Å². The van der Waals surface area contributed by atoms with Crippen LogP contribution < -0.4 is 5.56 Å². The topological polar surface area (TPSA) is 53.4 Å². The highest BCUT2D eigenvalue weighted by Crippen LogP contribution is 2.26. The summed E-state index contributed by atoms with van der Waals surface area (Å²) in [6, 6.07) is 17.5. The van der Waals surface area contributed by atoms with E-state index in [0.717, 1.165) is 28.4 Å². The summed E-state index contributed by atoms with van der Waals surface area (Å²) in [4.78, 5) is 18.1. The average molecular weight is 382 g/mol. The molecule has 6 heteroatoms. The number of nitrogens with zero attached hydrogens (tertiary/aromatic N) is 2. The number of thioether (sulfide) groups is 1. The van der Waals surface area contributed by atoms with Gasteiger partial charge in [0.2, 0.25) is 0 Å². The highest BCUT2D eigenvalue weighted by Gasteiger charge is 2.20. The number of fused-ring (bicyclic) bond motifs is 1. The summed E-state index contributed by atoms with van der Waals surface area (Å²) in [7, 11) is 0. The number of hydrogen-bond acceptors (Lipinski definition) is 5. The van der Waals surface area contributed by atoms with Crippen molar-refractivity contribution >= 4 is 22.7 Å². The Morgan fingerprint density at radius 1 is 1.19 bits per heavy atom. The molecule has 2 heterocycles. The van der Waals surface area contributed by atoms with Crippen LogP contribution in [0.2, 0.25) is 0 Å². The molecule has 1 fully saturated rings. The lowest BCUT2D eigenvalue weighted by molar-refractivity contribution is -0.130. The fourth-order valence-electron chi connectivity index (χ4n) is 3.25. The summed E-state index contributed by atoms with van der Waals surface area (Å²) in [6.45, 7) is 3.09. The highest BCUT2D eigenvalue weighted by atomic mass is 32.2. The summed E-state index contributed by atoms with van der Waals surface area (Å²) in [5.74, 6) is 0.746. The number of benzene rings is 2. The maximum absolute atomic E-state index is 13.3. The molecule has 5 nitrogen and oxygen atoms in total. The van der Waals surface area contributed by atoms with Crippen LogP contribution in [-0.2, 0) is 9.47 Å². The van der Waals surface area contributed by atoms with Gasteiger partial charge >= 0.3 is 0 Å².